The minimum Gasteiger partial charge on any atom is -0.380 e. The maximum atomic E-state index is 14.0. The Labute approximate surface area is 124 Å². The molecule has 0 aliphatic heterocycles. The van der Waals surface area contributed by atoms with Gasteiger partial charge in [-0.3, -0.25) is 4.79 Å². The summed E-state index contributed by atoms with van der Waals surface area (Å²) in [7, 11) is 0. The van der Waals surface area contributed by atoms with Gasteiger partial charge in [-0.2, -0.15) is 4.99 Å². The van der Waals surface area contributed by atoms with E-state index in [0.717, 1.165) is 17.4 Å². The molecule has 0 spiro atoms. The number of carbonyl (C=O) groups excluding carboxylic acids is 1. The van der Waals surface area contributed by atoms with Gasteiger partial charge >= 0.3 is 0 Å². The summed E-state index contributed by atoms with van der Waals surface area (Å²) in [6.45, 7) is 4.82. The van der Waals surface area contributed by atoms with E-state index in [1.54, 1.807) is 11.5 Å². The molecule has 1 heterocycles. The van der Waals surface area contributed by atoms with E-state index in [0.29, 0.717) is 29.3 Å². The van der Waals surface area contributed by atoms with Crippen LogP contribution in [0.5, 0.6) is 0 Å². The van der Waals surface area contributed by atoms with Gasteiger partial charge in [0, 0.05) is 25.6 Å². The van der Waals surface area contributed by atoms with Crippen molar-refractivity contribution < 1.29 is 18.3 Å². The second-order valence-corrected chi connectivity index (χ2v) is 5.34. The van der Waals surface area contributed by atoms with Crippen LogP contribution in [-0.4, -0.2) is 23.7 Å². The largest absolute Gasteiger partial charge is 0.380 e. The van der Waals surface area contributed by atoms with E-state index in [1.165, 1.54) is 6.07 Å². The van der Waals surface area contributed by atoms with Crippen LogP contribution >= 0.6 is 11.3 Å². The predicted octanol–water partition coefficient (Wildman–Crippen LogP) is 2.85. The standard InChI is InChI=1S/C14H16F2N2O2S/c1-3-12(19)17-14-18(5-6-20-4-2)13-10(16)7-9(15)8-11(13)21-14/h7-8H,3-6H2,1-2H3. The van der Waals surface area contributed by atoms with Gasteiger partial charge in [-0.05, 0) is 13.0 Å². The van der Waals surface area contributed by atoms with Crippen LogP contribution in [0.3, 0.4) is 0 Å². The van der Waals surface area contributed by atoms with Crippen molar-refractivity contribution in [2.45, 2.75) is 26.8 Å². The summed E-state index contributed by atoms with van der Waals surface area (Å²) in [5.74, 6) is -1.61. The van der Waals surface area contributed by atoms with Crippen molar-refractivity contribution in [2.75, 3.05) is 13.2 Å². The van der Waals surface area contributed by atoms with E-state index < -0.39 is 11.6 Å². The Morgan fingerprint density at radius 1 is 1.38 bits per heavy atom. The SMILES string of the molecule is CCOCCn1c(=NC(=O)CC)sc2cc(F)cc(F)c21. The van der Waals surface area contributed by atoms with Crippen LogP contribution in [0.2, 0.25) is 0 Å². The van der Waals surface area contributed by atoms with Crippen molar-refractivity contribution in [1.82, 2.24) is 4.57 Å². The summed E-state index contributed by atoms with van der Waals surface area (Å²) >= 11 is 1.09. The second kappa shape index (κ2) is 6.91. The molecule has 0 N–H and O–H groups in total. The molecular weight excluding hydrogens is 298 g/mol. The van der Waals surface area contributed by atoms with Crippen molar-refractivity contribution in [1.29, 1.82) is 0 Å². The minimum absolute atomic E-state index is 0.253. The lowest BCUT2D eigenvalue weighted by Gasteiger charge is -2.06. The van der Waals surface area contributed by atoms with Gasteiger partial charge in [0.15, 0.2) is 10.6 Å². The molecule has 0 fully saturated rings. The number of benzene rings is 1. The first-order valence-electron chi connectivity index (χ1n) is 6.70. The average Bonchev–Trinajstić information content (AvgIpc) is 2.76. The van der Waals surface area contributed by atoms with Crippen molar-refractivity contribution in [3.05, 3.63) is 28.6 Å². The lowest BCUT2D eigenvalue weighted by atomic mass is 10.3. The van der Waals surface area contributed by atoms with E-state index in [9.17, 15) is 13.6 Å². The maximum Gasteiger partial charge on any atom is 0.248 e. The predicted molar refractivity (Wildman–Crippen MR) is 77.1 cm³/mol. The number of aromatic nitrogens is 1. The number of halogens is 2. The van der Waals surface area contributed by atoms with E-state index in [4.69, 9.17) is 4.74 Å². The molecule has 0 aliphatic rings. The van der Waals surface area contributed by atoms with Gasteiger partial charge in [0.2, 0.25) is 5.91 Å². The summed E-state index contributed by atoms with van der Waals surface area (Å²) in [6.07, 6.45) is 0.260. The average molecular weight is 314 g/mol. The molecular formula is C14H16F2N2O2S. The molecule has 1 aromatic heterocycles. The Balaban J connectivity index is 2.60. The van der Waals surface area contributed by atoms with Crippen molar-refractivity contribution in [3.8, 4) is 0 Å². The molecule has 0 saturated heterocycles. The number of rotatable bonds is 5. The fourth-order valence-corrected chi connectivity index (χ4v) is 3.02. The highest BCUT2D eigenvalue weighted by molar-refractivity contribution is 7.16. The summed E-state index contributed by atoms with van der Waals surface area (Å²) in [4.78, 5) is 15.8. The Morgan fingerprint density at radius 2 is 2.14 bits per heavy atom. The zero-order valence-corrected chi connectivity index (χ0v) is 12.7. The molecule has 114 valence electrons. The first-order chi connectivity index (χ1) is 10.1. The van der Waals surface area contributed by atoms with Crippen molar-refractivity contribution in [2.24, 2.45) is 4.99 Å². The molecule has 7 heteroatoms. The normalized spacial score (nSPS) is 12.3. The number of hydrogen-bond acceptors (Lipinski definition) is 3. The number of hydrogen-bond donors (Lipinski definition) is 0. The summed E-state index contributed by atoms with van der Waals surface area (Å²) in [5, 5.41) is 0. The maximum absolute atomic E-state index is 14.0. The van der Waals surface area contributed by atoms with Crippen molar-refractivity contribution >= 4 is 27.5 Å². The van der Waals surface area contributed by atoms with Gasteiger partial charge in [0.1, 0.15) is 5.82 Å². The second-order valence-electron chi connectivity index (χ2n) is 4.33. The lowest BCUT2D eigenvalue weighted by Crippen LogP contribution is -2.20. The molecule has 4 nitrogen and oxygen atoms in total. The quantitative estimate of drug-likeness (QED) is 0.797. The van der Waals surface area contributed by atoms with Crippen LogP contribution in [-0.2, 0) is 16.1 Å². The molecule has 1 aromatic carbocycles. The van der Waals surface area contributed by atoms with Gasteiger partial charge in [0.25, 0.3) is 0 Å². The van der Waals surface area contributed by atoms with Crippen LogP contribution in [0.4, 0.5) is 8.78 Å². The minimum atomic E-state index is -0.664. The first kappa shape index (κ1) is 15.8. The molecule has 1 amide bonds. The van der Waals surface area contributed by atoms with E-state index in [1.807, 2.05) is 6.92 Å². The smallest absolute Gasteiger partial charge is 0.248 e. The lowest BCUT2D eigenvalue weighted by molar-refractivity contribution is -0.117. The highest BCUT2D eigenvalue weighted by atomic mass is 32.1. The topological polar surface area (TPSA) is 43.6 Å². The van der Waals surface area contributed by atoms with E-state index >= 15 is 0 Å². The molecule has 0 aliphatic carbocycles. The van der Waals surface area contributed by atoms with E-state index in [-0.39, 0.29) is 17.8 Å². The molecule has 0 atom stereocenters. The fraction of sp³-hybridized carbons (Fsp3) is 0.429. The summed E-state index contributed by atoms with van der Waals surface area (Å²) in [6, 6.07) is 2.08. The molecule has 2 rings (SSSR count). The monoisotopic (exact) mass is 314 g/mol. The Bertz CT molecular complexity index is 722. The van der Waals surface area contributed by atoms with Gasteiger partial charge in [-0.1, -0.05) is 18.3 Å². The molecule has 0 radical (unpaired) electrons. The van der Waals surface area contributed by atoms with Crippen LogP contribution in [0.1, 0.15) is 20.3 Å². The third-order valence-electron chi connectivity index (χ3n) is 2.88. The number of thiazole rings is 1. The summed E-state index contributed by atoms with van der Waals surface area (Å²) < 4.78 is 34.6. The zero-order chi connectivity index (χ0) is 15.4. The number of ether oxygens (including phenoxy) is 1. The van der Waals surface area contributed by atoms with Gasteiger partial charge in [-0.25, -0.2) is 8.78 Å². The van der Waals surface area contributed by atoms with Crippen LogP contribution in [0, 0.1) is 11.6 Å². The number of carbonyl (C=O) groups is 1. The Kier molecular flexibility index (Phi) is 5.19. The van der Waals surface area contributed by atoms with Crippen molar-refractivity contribution in [3.63, 3.8) is 0 Å². The van der Waals surface area contributed by atoms with Gasteiger partial charge < -0.3 is 9.30 Å². The first-order valence-corrected chi connectivity index (χ1v) is 7.52. The zero-order valence-electron chi connectivity index (χ0n) is 11.9. The highest BCUT2D eigenvalue weighted by Crippen LogP contribution is 2.22. The van der Waals surface area contributed by atoms with Crippen LogP contribution < -0.4 is 4.80 Å². The van der Waals surface area contributed by atoms with Crippen LogP contribution in [0.25, 0.3) is 10.2 Å². The third kappa shape index (κ3) is 3.54. The van der Waals surface area contributed by atoms with Crippen LogP contribution in [0.15, 0.2) is 17.1 Å². The Hall–Kier alpha value is -1.60. The van der Waals surface area contributed by atoms with Gasteiger partial charge in [-0.15, -0.1) is 0 Å². The number of amides is 1. The molecule has 0 unspecified atom stereocenters. The third-order valence-corrected chi connectivity index (χ3v) is 3.91. The number of fused-ring (bicyclic) bond motifs is 1. The highest BCUT2D eigenvalue weighted by Gasteiger charge is 2.13. The fourth-order valence-electron chi connectivity index (χ4n) is 1.91. The molecule has 0 saturated carbocycles. The molecule has 21 heavy (non-hydrogen) atoms. The molecule has 0 bridgehead atoms. The Morgan fingerprint density at radius 3 is 2.81 bits per heavy atom. The van der Waals surface area contributed by atoms with E-state index in [2.05, 4.69) is 4.99 Å². The molecule has 2 aromatic rings. The van der Waals surface area contributed by atoms with Gasteiger partial charge in [0.05, 0.1) is 16.8 Å². The number of nitrogens with zero attached hydrogens (tertiary/aromatic N) is 2. The summed E-state index contributed by atoms with van der Waals surface area (Å²) in [5.41, 5.74) is 0.253.